The number of carbonyl (C=O) groups excluding carboxylic acids is 1. The Kier molecular flexibility index (Phi) is 7.67. The summed E-state index contributed by atoms with van der Waals surface area (Å²) in [6, 6.07) is -0.263. The summed E-state index contributed by atoms with van der Waals surface area (Å²) in [4.78, 5) is 11.8. The molecule has 2 N–H and O–H groups in total. The highest BCUT2D eigenvalue weighted by Gasteiger charge is 2.20. The van der Waals surface area contributed by atoms with Gasteiger partial charge in [-0.1, -0.05) is 53.4 Å². The number of hydrogen-bond acceptors (Lipinski definition) is 2. The minimum Gasteiger partial charge on any atom is -0.321 e. The Balaban J connectivity index is 4.00. The first-order chi connectivity index (χ1) is 7.02. The lowest BCUT2D eigenvalue weighted by atomic mass is 9.89. The molecule has 0 radical (unpaired) electrons. The third-order valence-corrected chi connectivity index (χ3v) is 3.12. The molecule has 0 fully saturated rings. The van der Waals surface area contributed by atoms with Crippen molar-refractivity contribution in [1.29, 1.82) is 0 Å². The minimum absolute atomic E-state index is 0.243. The van der Waals surface area contributed by atoms with Crippen LogP contribution < -0.4 is 5.73 Å². The van der Waals surface area contributed by atoms with Crippen LogP contribution in [0.15, 0.2) is 0 Å². The summed E-state index contributed by atoms with van der Waals surface area (Å²) >= 11 is 0. The van der Waals surface area contributed by atoms with E-state index in [-0.39, 0.29) is 17.7 Å². The van der Waals surface area contributed by atoms with Crippen molar-refractivity contribution < 1.29 is 4.79 Å². The molecule has 0 saturated heterocycles. The summed E-state index contributed by atoms with van der Waals surface area (Å²) in [7, 11) is 0. The van der Waals surface area contributed by atoms with Gasteiger partial charge in [-0.2, -0.15) is 0 Å². The molecule has 0 bridgehead atoms. The van der Waals surface area contributed by atoms with Crippen LogP contribution in [0.25, 0.3) is 0 Å². The summed E-state index contributed by atoms with van der Waals surface area (Å²) in [6.45, 7) is 8.37. The quantitative estimate of drug-likeness (QED) is 0.673. The zero-order chi connectivity index (χ0) is 11.8. The average molecular weight is 213 g/mol. The molecule has 0 aliphatic carbocycles. The summed E-state index contributed by atoms with van der Waals surface area (Å²) in [5.74, 6) is 1.05. The van der Waals surface area contributed by atoms with Gasteiger partial charge >= 0.3 is 0 Å². The molecule has 0 aromatic heterocycles. The van der Waals surface area contributed by atoms with Crippen LogP contribution in [0.5, 0.6) is 0 Å². The molecular formula is C13H27NO. The van der Waals surface area contributed by atoms with Crippen molar-refractivity contribution in [3.8, 4) is 0 Å². The number of rotatable bonds is 8. The molecule has 0 aliphatic heterocycles. The van der Waals surface area contributed by atoms with Crippen LogP contribution in [0.2, 0.25) is 0 Å². The molecule has 0 rings (SSSR count). The lowest BCUT2D eigenvalue weighted by Crippen LogP contribution is -2.36. The maximum absolute atomic E-state index is 11.8. The summed E-state index contributed by atoms with van der Waals surface area (Å²) in [5.41, 5.74) is 5.84. The lowest BCUT2D eigenvalue weighted by Gasteiger charge is -2.18. The minimum atomic E-state index is -0.263. The normalized spacial score (nSPS) is 15.3. The van der Waals surface area contributed by atoms with Crippen molar-refractivity contribution in [3.05, 3.63) is 0 Å². The molecule has 0 saturated carbocycles. The Hall–Kier alpha value is -0.370. The van der Waals surface area contributed by atoms with Crippen molar-refractivity contribution >= 4 is 5.78 Å². The van der Waals surface area contributed by atoms with Crippen molar-refractivity contribution in [2.75, 3.05) is 0 Å². The first-order valence-corrected chi connectivity index (χ1v) is 6.31. The average Bonchev–Trinajstić information content (AvgIpc) is 2.22. The topological polar surface area (TPSA) is 43.1 Å². The fourth-order valence-corrected chi connectivity index (χ4v) is 1.74. The van der Waals surface area contributed by atoms with Gasteiger partial charge in [-0.3, -0.25) is 4.79 Å². The van der Waals surface area contributed by atoms with Crippen molar-refractivity contribution in [3.63, 3.8) is 0 Å². The molecule has 0 amide bonds. The molecular weight excluding hydrogens is 186 g/mol. The van der Waals surface area contributed by atoms with Crippen LogP contribution in [-0.4, -0.2) is 11.8 Å². The number of carbonyl (C=O) groups is 1. The molecule has 15 heavy (non-hydrogen) atoms. The van der Waals surface area contributed by atoms with E-state index in [9.17, 15) is 4.79 Å². The van der Waals surface area contributed by atoms with Gasteiger partial charge in [0.15, 0.2) is 0 Å². The van der Waals surface area contributed by atoms with Gasteiger partial charge in [0.05, 0.1) is 6.04 Å². The van der Waals surface area contributed by atoms with Crippen LogP contribution in [0.4, 0.5) is 0 Å². The third-order valence-electron chi connectivity index (χ3n) is 3.12. The van der Waals surface area contributed by atoms with E-state index in [1.807, 2.05) is 13.8 Å². The number of nitrogens with two attached hydrogens (primary N) is 1. The Morgan fingerprint density at radius 3 is 2.27 bits per heavy atom. The molecule has 0 spiro atoms. The van der Waals surface area contributed by atoms with Gasteiger partial charge in [-0.05, 0) is 11.8 Å². The van der Waals surface area contributed by atoms with E-state index >= 15 is 0 Å². The van der Waals surface area contributed by atoms with Gasteiger partial charge in [-0.25, -0.2) is 0 Å². The standard InChI is InChI=1S/C13H27NO/c1-5-7-8-11(6-2)9-12(15)13(14)10(3)4/h10-11,13H,5-9,14H2,1-4H3. The smallest absolute Gasteiger partial charge is 0.150 e. The Morgan fingerprint density at radius 1 is 1.27 bits per heavy atom. The van der Waals surface area contributed by atoms with Crippen LogP contribution in [0.1, 0.15) is 59.8 Å². The van der Waals surface area contributed by atoms with Crippen LogP contribution in [-0.2, 0) is 4.79 Å². The van der Waals surface area contributed by atoms with Gasteiger partial charge in [0.25, 0.3) is 0 Å². The number of hydrogen-bond donors (Lipinski definition) is 1. The van der Waals surface area contributed by atoms with Crippen molar-refractivity contribution in [1.82, 2.24) is 0 Å². The molecule has 2 atom stereocenters. The maximum atomic E-state index is 11.8. The third kappa shape index (κ3) is 5.93. The first kappa shape index (κ1) is 14.6. The van der Waals surface area contributed by atoms with Crippen LogP contribution >= 0.6 is 0 Å². The van der Waals surface area contributed by atoms with E-state index in [2.05, 4.69) is 13.8 Å². The van der Waals surface area contributed by atoms with Gasteiger partial charge in [-0.15, -0.1) is 0 Å². The predicted molar refractivity (Wildman–Crippen MR) is 65.7 cm³/mol. The predicted octanol–water partition coefficient (Wildman–Crippen LogP) is 3.15. The van der Waals surface area contributed by atoms with Gasteiger partial charge in [0, 0.05) is 6.42 Å². The highest BCUT2D eigenvalue weighted by atomic mass is 16.1. The zero-order valence-electron chi connectivity index (χ0n) is 10.8. The zero-order valence-corrected chi connectivity index (χ0v) is 10.8. The lowest BCUT2D eigenvalue weighted by molar-refractivity contribution is -0.122. The van der Waals surface area contributed by atoms with Crippen LogP contribution in [0, 0.1) is 11.8 Å². The summed E-state index contributed by atoms with van der Waals surface area (Å²) < 4.78 is 0. The molecule has 2 unspecified atom stereocenters. The largest absolute Gasteiger partial charge is 0.321 e. The van der Waals surface area contributed by atoms with E-state index in [0.29, 0.717) is 12.3 Å². The van der Waals surface area contributed by atoms with E-state index in [0.717, 1.165) is 6.42 Å². The van der Waals surface area contributed by atoms with Crippen LogP contribution in [0.3, 0.4) is 0 Å². The summed E-state index contributed by atoms with van der Waals surface area (Å²) in [5, 5.41) is 0. The van der Waals surface area contributed by atoms with Gasteiger partial charge < -0.3 is 5.73 Å². The second-order valence-corrected chi connectivity index (χ2v) is 4.86. The highest BCUT2D eigenvalue weighted by molar-refractivity contribution is 5.84. The summed E-state index contributed by atoms with van der Waals surface area (Å²) in [6.07, 6.45) is 5.37. The number of Topliss-reactive ketones (excluding diaryl/α,β-unsaturated/α-hetero) is 1. The SMILES string of the molecule is CCCCC(CC)CC(=O)C(N)C(C)C. The Bertz CT molecular complexity index is 177. The fourth-order valence-electron chi connectivity index (χ4n) is 1.74. The van der Waals surface area contributed by atoms with Crippen molar-refractivity contribution in [2.24, 2.45) is 17.6 Å². The van der Waals surface area contributed by atoms with Gasteiger partial charge in [0.2, 0.25) is 0 Å². The fraction of sp³-hybridized carbons (Fsp3) is 0.923. The molecule has 0 heterocycles. The second-order valence-electron chi connectivity index (χ2n) is 4.86. The molecule has 0 aromatic rings. The van der Waals surface area contributed by atoms with Gasteiger partial charge in [0.1, 0.15) is 5.78 Å². The Morgan fingerprint density at radius 2 is 1.87 bits per heavy atom. The molecule has 0 aliphatic rings. The monoisotopic (exact) mass is 213 g/mol. The number of ketones is 1. The Labute approximate surface area is 94.6 Å². The first-order valence-electron chi connectivity index (χ1n) is 6.31. The highest BCUT2D eigenvalue weighted by Crippen LogP contribution is 2.18. The molecule has 2 heteroatoms. The molecule has 90 valence electrons. The van der Waals surface area contributed by atoms with E-state index in [1.54, 1.807) is 0 Å². The van der Waals surface area contributed by atoms with Crippen molar-refractivity contribution in [2.45, 2.75) is 65.8 Å². The van der Waals surface area contributed by atoms with E-state index in [4.69, 9.17) is 5.73 Å². The second kappa shape index (κ2) is 7.86. The maximum Gasteiger partial charge on any atom is 0.150 e. The molecule has 0 aromatic carbocycles. The number of unbranched alkanes of at least 4 members (excludes halogenated alkanes) is 1. The molecule has 2 nitrogen and oxygen atoms in total. The van der Waals surface area contributed by atoms with E-state index < -0.39 is 0 Å². The van der Waals surface area contributed by atoms with E-state index in [1.165, 1.54) is 19.3 Å².